The van der Waals surface area contributed by atoms with Crippen molar-refractivity contribution in [2.45, 2.75) is 33.2 Å². The molecule has 112 valence electrons. The molecule has 2 aromatic rings. The summed E-state index contributed by atoms with van der Waals surface area (Å²) in [5.74, 6) is 1.17. The number of nitrogens with zero attached hydrogens (tertiary/aromatic N) is 4. The topological polar surface area (TPSA) is 84.7 Å². The van der Waals surface area contributed by atoms with E-state index in [2.05, 4.69) is 25.8 Å². The van der Waals surface area contributed by atoms with Crippen molar-refractivity contribution in [2.75, 3.05) is 11.9 Å². The smallest absolute Gasteiger partial charge is 0.320 e. The molecule has 0 saturated heterocycles. The second-order valence-electron chi connectivity index (χ2n) is 4.94. The lowest BCUT2D eigenvalue weighted by Gasteiger charge is -2.10. The molecule has 0 bridgehead atoms. The summed E-state index contributed by atoms with van der Waals surface area (Å²) < 4.78 is 1.93. The molecule has 0 saturated carbocycles. The largest absolute Gasteiger partial charge is 0.338 e. The van der Waals surface area contributed by atoms with E-state index in [0.29, 0.717) is 23.9 Å². The maximum Gasteiger partial charge on any atom is 0.320 e. The summed E-state index contributed by atoms with van der Waals surface area (Å²) in [5, 5.41) is 13.5. The van der Waals surface area contributed by atoms with Crippen molar-refractivity contribution in [3.8, 4) is 11.5 Å². The van der Waals surface area contributed by atoms with Gasteiger partial charge >= 0.3 is 6.03 Å². The van der Waals surface area contributed by atoms with Crippen LogP contribution in [0.2, 0.25) is 0 Å². The third kappa shape index (κ3) is 3.77. The summed E-state index contributed by atoms with van der Waals surface area (Å²) in [6.07, 6.45) is 2.56. The van der Waals surface area contributed by atoms with Gasteiger partial charge in [-0.25, -0.2) is 9.78 Å². The minimum atomic E-state index is -0.258. The van der Waals surface area contributed by atoms with Gasteiger partial charge in [0, 0.05) is 12.6 Å². The zero-order valence-corrected chi connectivity index (χ0v) is 12.5. The molecule has 0 fully saturated rings. The van der Waals surface area contributed by atoms with E-state index in [-0.39, 0.29) is 12.1 Å². The Labute approximate surface area is 123 Å². The van der Waals surface area contributed by atoms with E-state index in [4.69, 9.17) is 0 Å². The number of rotatable bonds is 5. The molecular weight excluding hydrogens is 268 g/mol. The van der Waals surface area contributed by atoms with Gasteiger partial charge in [0.05, 0.1) is 0 Å². The van der Waals surface area contributed by atoms with Crippen molar-refractivity contribution in [1.29, 1.82) is 0 Å². The monoisotopic (exact) mass is 288 g/mol. The first-order valence-electron chi connectivity index (χ1n) is 7.03. The van der Waals surface area contributed by atoms with E-state index in [1.807, 2.05) is 37.5 Å². The number of hydrogen-bond donors (Lipinski definition) is 2. The van der Waals surface area contributed by atoms with Crippen molar-refractivity contribution in [1.82, 2.24) is 25.1 Å². The molecule has 0 aliphatic carbocycles. The molecule has 0 unspecified atom stereocenters. The first-order valence-corrected chi connectivity index (χ1v) is 7.03. The van der Waals surface area contributed by atoms with Crippen LogP contribution >= 0.6 is 0 Å². The molecule has 21 heavy (non-hydrogen) atoms. The lowest BCUT2D eigenvalue weighted by molar-refractivity contribution is 0.252. The van der Waals surface area contributed by atoms with Gasteiger partial charge in [-0.3, -0.25) is 5.32 Å². The van der Waals surface area contributed by atoms with Crippen LogP contribution in [-0.4, -0.2) is 32.3 Å². The molecule has 2 rings (SSSR count). The van der Waals surface area contributed by atoms with Crippen LogP contribution in [0.5, 0.6) is 0 Å². The van der Waals surface area contributed by atoms with Gasteiger partial charge in [0.2, 0.25) is 0 Å². The highest BCUT2D eigenvalue weighted by molar-refractivity contribution is 5.88. The van der Waals surface area contributed by atoms with E-state index in [1.165, 1.54) is 0 Å². The molecule has 7 nitrogen and oxygen atoms in total. The number of pyridine rings is 1. The molecule has 2 aromatic heterocycles. The summed E-state index contributed by atoms with van der Waals surface area (Å²) >= 11 is 0. The van der Waals surface area contributed by atoms with Crippen LogP contribution in [-0.2, 0) is 0 Å². The van der Waals surface area contributed by atoms with Gasteiger partial charge in [-0.1, -0.05) is 13.0 Å². The minimum absolute atomic E-state index is 0.237. The molecule has 0 radical (unpaired) electrons. The second kappa shape index (κ2) is 6.83. The Bertz CT molecular complexity index is 607. The Morgan fingerprint density at radius 2 is 2.19 bits per heavy atom. The molecule has 2 amide bonds. The summed E-state index contributed by atoms with van der Waals surface area (Å²) in [6, 6.07) is 5.40. The maximum absolute atomic E-state index is 11.6. The Balaban J connectivity index is 2.18. The number of urea groups is 1. The molecule has 0 aliphatic rings. The van der Waals surface area contributed by atoms with Crippen molar-refractivity contribution in [3.63, 3.8) is 0 Å². The van der Waals surface area contributed by atoms with Gasteiger partial charge in [0.25, 0.3) is 0 Å². The summed E-state index contributed by atoms with van der Waals surface area (Å²) in [7, 11) is 0. The molecule has 0 aliphatic heterocycles. The lowest BCUT2D eigenvalue weighted by Crippen LogP contribution is -2.29. The number of carbonyl (C=O) groups excluding carboxylic acids is 1. The quantitative estimate of drug-likeness (QED) is 0.885. The van der Waals surface area contributed by atoms with Gasteiger partial charge in [-0.2, -0.15) is 0 Å². The summed E-state index contributed by atoms with van der Waals surface area (Å²) in [5.41, 5.74) is 0.675. The van der Waals surface area contributed by atoms with Crippen LogP contribution in [0.15, 0.2) is 24.5 Å². The van der Waals surface area contributed by atoms with Crippen LogP contribution in [0.3, 0.4) is 0 Å². The molecule has 0 spiro atoms. The zero-order chi connectivity index (χ0) is 15.2. The second-order valence-corrected chi connectivity index (χ2v) is 4.94. The fraction of sp³-hybridized carbons (Fsp3) is 0.429. The third-order valence-corrected chi connectivity index (χ3v) is 2.88. The van der Waals surface area contributed by atoms with E-state index in [0.717, 1.165) is 6.42 Å². The van der Waals surface area contributed by atoms with E-state index >= 15 is 0 Å². The van der Waals surface area contributed by atoms with Crippen LogP contribution in [0.1, 0.15) is 33.2 Å². The highest BCUT2D eigenvalue weighted by Gasteiger charge is 2.12. The minimum Gasteiger partial charge on any atom is -0.338 e. The number of aromatic nitrogens is 4. The number of hydrogen-bond acceptors (Lipinski definition) is 4. The predicted molar refractivity (Wildman–Crippen MR) is 81.0 cm³/mol. The predicted octanol–water partition coefficient (Wildman–Crippen LogP) is 2.45. The van der Waals surface area contributed by atoms with Crippen LogP contribution < -0.4 is 10.6 Å². The van der Waals surface area contributed by atoms with E-state index < -0.39 is 0 Å². The van der Waals surface area contributed by atoms with Gasteiger partial charge in [-0.15, -0.1) is 10.2 Å². The molecule has 2 N–H and O–H groups in total. The fourth-order valence-electron chi connectivity index (χ4n) is 1.83. The van der Waals surface area contributed by atoms with E-state index in [1.54, 1.807) is 12.4 Å². The first-order chi connectivity index (χ1) is 10.1. The molecule has 0 atom stereocenters. The number of anilines is 1. The summed E-state index contributed by atoms with van der Waals surface area (Å²) in [4.78, 5) is 16.1. The zero-order valence-electron chi connectivity index (χ0n) is 12.5. The van der Waals surface area contributed by atoms with Crippen LogP contribution in [0.25, 0.3) is 11.5 Å². The summed E-state index contributed by atoms with van der Waals surface area (Å²) in [6.45, 7) is 6.73. The van der Waals surface area contributed by atoms with Crippen molar-refractivity contribution >= 4 is 11.8 Å². The molecular formula is C14H20N6O. The highest BCUT2D eigenvalue weighted by Crippen LogP contribution is 2.19. The molecule has 2 heterocycles. The number of nitrogens with one attached hydrogen (secondary N) is 2. The molecule has 7 heteroatoms. The average Bonchev–Trinajstić information content (AvgIpc) is 2.95. The lowest BCUT2D eigenvalue weighted by atomic mass is 10.3. The van der Waals surface area contributed by atoms with Crippen molar-refractivity contribution in [2.24, 2.45) is 0 Å². The Morgan fingerprint density at radius 3 is 2.90 bits per heavy atom. The van der Waals surface area contributed by atoms with Gasteiger partial charge < -0.3 is 9.88 Å². The van der Waals surface area contributed by atoms with Crippen LogP contribution in [0, 0.1) is 0 Å². The van der Waals surface area contributed by atoms with Crippen molar-refractivity contribution in [3.05, 3.63) is 24.5 Å². The fourth-order valence-corrected chi connectivity index (χ4v) is 1.83. The normalized spacial score (nSPS) is 10.7. The van der Waals surface area contributed by atoms with Crippen molar-refractivity contribution < 1.29 is 4.79 Å². The average molecular weight is 288 g/mol. The van der Waals surface area contributed by atoms with E-state index in [9.17, 15) is 4.79 Å². The first kappa shape index (κ1) is 15.0. The molecule has 0 aromatic carbocycles. The Morgan fingerprint density at radius 1 is 1.38 bits per heavy atom. The van der Waals surface area contributed by atoms with Gasteiger partial charge in [0.1, 0.15) is 17.8 Å². The van der Waals surface area contributed by atoms with Crippen LogP contribution in [0.4, 0.5) is 10.6 Å². The number of amides is 2. The Kier molecular flexibility index (Phi) is 4.86. The Hall–Kier alpha value is -2.44. The highest BCUT2D eigenvalue weighted by atomic mass is 16.2. The van der Waals surface area contributed by atoms with Gasteiger partial charge in [-0.05, 0) is 32.4 Å². The standard InChI is InChI=1S/C14H20N6O/c1-4-8-15-14(21)18-12-7-5-6-11(17-12)13-19-16-9-20(13)10(2)3/h5-7,9-10H,4,8H2,1-3H3,(H2,15,17,18,21). The third-order valence-electron chi connectivity index (χ3n) is 2.88. The number of carbonyl (C=O) groups is 1. The maximum atomic E-state index is 11.6. The van der Waals surface area contributed by atoms with Gasteiger partial charge in [0.15, 0.2) is 5.82 Å². The SMILES string of the molecule is CCCNC(=O)Nc1cccc(-c2nncn2C(C)C)n1.